The van der Waals surface area contributed by atoms with Gasteiger partial charge in [-0.2, -0.15) is 5.10 Å². The Morgan fingerprint density at radius 3 is 2.52 bits per heavy atom. The lowest BCUT2D eigenvalue weighted by atomic mass is 10.1. The first-order valence-electron chi connectivity index (χ1n) is 6.89. The van der Waals surface area contributed by atoms with Crippen LogP contribution in [0, 0.1) is 0 Å². The third kappa shape index (κ3) is 4.19. The van der Waals surface area contributed by atoms with Gasteiger partial charge in [-0.3, -0.25) is 5.43 Å². The maximum Gasteiger partial charge on any atom is 0.203 e. The molecule has 3 nitrogen and oxygen atoms in total. The van der Waals surface area contributed by atoms with E-state index in [1.165, 1.54) is 11.3 Å². The Hall–Kier alpha value is -1.69. The van der Waals surface area contributed by atoms with Crippen LogP contribution in [0.15, 0.2) is 63.5 Å². The van der Waals surface area contributed by atoms with E-state index in [4.69, 9.17) is 11.6 Å². The monoisotopic (exact) mass is 405 g/mol. The van der Waals surface area contributed by atoms with Crippen LogP contribution >= 0.6 is 38.9 Å². The number of anilines is 1. The smallest absolute Gasteiger partial charge is 0.203 e. The molecular formula is C17H13BrClN3S. The molecule has 0 amide bonds. The van der Waals surface area contributed by atoms with E-state index in [0.717, 1.165) is 37.2 Å². The van der Waals surface area contributed by atoms with Crippen molar-refractivity contribution in [2.24, 2.45) is 5.10 Å². The predicted molar refractivity (Wildman–Crippen MR) is 103 cm³/mol. The Morgan fingerprint density at radius 1 is 1.13 bits per heavy atom. The Kier molecular flexibility index (Phi) is 5.10. The van der Waals surface area contributed by atoms with Crippen LogP contribution in [0.5, 0.6) is 0 Å². The number of halogens is 2. The maximum absolute atomic E-state index is 5.91. The van der Waals surface area contributed by atoms with Crippen molar-refractivity contribution in [3.63, 3.8) is 0 Å². The molecule has 3 rings (SSSR count). The molecule has 116 valence electrons. The second kappa shape index (κ2) is 7.25. The van der Waals surface area contributed by atoms with E-state index in [1.54, 1.807) is 0 Å². The van der Waals surface area contributed by atoms with E-state index in [0.29, 0.717) is 0 Å². The van der Waals surface area contributed by atoms with E-state index in [-0.39, 0.29) is 0 Å². The van der Waals surface area contributed by atoms with Crippen molar-refractivity contribution in [2.75, 3.05) is 5.43 Å². The summed E-state index contributed by atoms with van der Waals surface area (Å²) < 4.78 is 1.05. The summed E-state index contributed by atoms with van der Waals surface area (Å²) in [4.78, 5) is 4.54. The quantitative estimate of drug-likeness (QED) is 0.422. The first-order chi connectivity index (χ1) is 11.1. The molecule has 0 saturated heterocycles. The molecule has 1 aromatic heterocycles. The molecule has 0 bridgehead atoms. The number of hydrogen-bond acceptors (Lipinski definition) is 4. The minimum absolute atomic E-state index is 0.719. The lowest BCUT2D eigenvalue weighted by molar-refractivity contribution is 1.27. The van der Waals surface area contributed by atoms with Crippen LogP contribution in [0.2, 0.25) is 5.02 Å². The molecule has 1 N–H and O–H groups in total. The highest BCUT2D eigenvalue weighted by molar-refractivity contribution is 9.10. The first-order valence-corrected chi connectivity index (χ1v) is 8.94. The third-order valence-corrected chi connectivity index (χ3v) is 4.75. The van der Waals surface area contributed by atoms with Crippen molar-refractivity contribution in [3.8, 4) is 11.3 Å². The van der Waals surface area contributed by atoms with E-state index in [1.807, 2.05) is 60.8 Å². The Morgan fingerprint density at radius 2 is 1.83 bits per heavy atom. The largest absolute Gasteiger partial charge is 0.252 e. The number of nitrogens with zero attached hydrogens (tertiary/aromatic N) is 2. The zero-order valence-electron chi connectivity index (χ0n) is 12.3. The van der Waals surface area contributed by atoms with E-state index < -0.39 is 0 Å². The number of hydrogen-bond donors (Lipinski definition) is 1. The van der Waals surface area contributed by atoms with Gasteiger partial charge in [0.2, 0.25) is 5.13 Å². The zero-order valence-corrected chi connectivity index (χ0v) is 15.4. The molecule has 0 aliphatic carbocycles. The van der Waals surface area contributed by atoms with Gasteiger partial charge in [-0.15, -0.1) is 11.3 Å². The summed E-state index contributed by atoms with van der Waals surface area (Å²) >= 11 is 10.9. The Balaban J connectivity index is 1.72. The molecule has 0 saturated carbocycles. The average molecular weight is 407 g/mol. The summed E-state index contributed by atoms with van der Waals surface area (Å²) in [5, 5.41) is 7.87. The summed E-state index contributed by atoms with van der Waals surface area (Å²) in [6.45, 7) is 1.96. The van der Waals surface area contributed by atoms with Crippen LogP contribution < -0.4 is 5.43 Å². The van der Waals surface area contributed by atoms with Crippen LogP contribution in [0.3, 0.4) is 0 Å². The number of hydrazone groups is 1. The molecule has 6 heteroatoms. The normalized spacial score (nSPS) is 11.5. The zero-order chi connectivity index (χ0) is 16.2. The molecule has 0 aliphatic heterocycles. The second-order valence-corrected chi connectivity index (χ2v) is 7.07. The number of rotatable bonds is 4. The fraction of sp³-hybridized carbons (Fsp3) is 0.0588. The molecular weight excluding hydrogens is 394 g/mol. The van der Waals surface area contributed by atoms with Gasteiger partial charge in [0.05, 0.1) is 11.4 Å². The summed E-state index contributed by atoms with van der Waals surface area (Å²) in [6, 6.07) is 15.7. The minimum Gasteiger partial charge on any atom is -0.252 e. The highest BCUT2D eigenvalue weighted by Crippen LogP contribution is 2.26. The highest BCUT2D eigenvalue weighted by atomic mass is 79.9. The summed E-state index contributed by atoms with van der Waals surface area (Å²) in [6.07, 6.45) is 0. The maximum atomic E-state index is 5.91. The van der Waals surface area contributed by atoms with Crippen LogP contribution in [0.25, 0.3) is 11.3 Å². The van der Waals surface area contributed by atoms with E-state index >= 15 is 0 Å². The van der Waals surface area contributed by atoms with Gasteiger partial charge < -0.3 is 0 Å². The van der Waals surface area contributed by atoms with Gasteiger partial charge in [-0.05, 0) is 36.8 Å². The van der Waals surface area contributed by atoms with Gasteiger partial charge >= 0.3 is 0 Å². The predicted octanol–water partition coefficient (Wildman–Crippen LogP) is 6.06. The van der Waals surface area contributed by atoms with Crippen molar-refractivity contribution < 1.29 is 0 Å². The topological polar surface area (TPSA) is 37.3 Å². The standard InChI is InChI=1S/C17H13BrClN3S/c1-11(12-2-6-14(18)7-3-12)21-22-17-20-16(10-23-17)13-4-8-15(19)9-5-13/h2-10H,1H3,(H,20,22)/b21-11+. The van der Waals surface area contributed by atoms with Crippen LogP contribution in [0.4, 0.5) is 5.13 Å². The number of benzene rings is 2. The van der Waals surface area contributed by atoms with E-state index in [9.17, 15) is 0 Å². The third-order valence-electron chi connectivity index (χ3n) is 3.23. The molecule has 1 heterocycles. The minimum atomic E-state index is 0.719. The molecule has 0 unspecified atom stereocenters. The Bertz CT molecular complexity index is 826. The summed E-state index contributed by atoms with van der Waals surface area (Å²) in [5.74, 6) is 0. The van der Waals surface area contributed by atoms with Gasteiger partial charge in [0, 0.05) is 20.4 Å². The van der Waals surface area contributed by atoms with Crippen LogP contribution in [-0.4, -0.2) is 10.7 Å². The number of nitrogens with one attached hydrogen (secondary N) is 1. The molecule has 3 aromatic rings. The number of thiazole rings is 1. The van der Waals surface area contributed by atoms with Crippen LogP contribution in [-0.2, 0) is 0 Å². The van der Waals surface area contributed by atoms with Gasteiger partial charge in [-0.1, -0.05) is 51.8 Å². The SMILES string of the molecule is C/C(=N\Nc1nc(-c2ccc(Cl)cc2)cs1)c1ccc(Br)cc1. The lowest BCUT2D eigenvalue weighted by Gasteiger charge is -2.01. The molecule has 0 atom stereocenters. The number of aromatic nitrogens is 1. The lowest BCUT2D eigenvalue weighted by Crippen LogP contribution is -1.99. The van der Waals surface area contributed by atoms with Crippen molar-refractivity contribution in [1.29, 1.82) is 0 Å². The van der Waals surface area contributed by atoms with Crippen LogP contribution in [0.1, 0.15) is 12.5 Å². The van der Waals surface area contributed by atoms with Gasteiger partial charge in [0.1, 0.15) is 0 Å². The van der Waals surface area contributed by atoms with Gasteiger partial charge in [0.15, 0.2) is 0 Å². The molecule has 2 aromatic carbocycles. The molecule has 23 heavy (non-hydrogen) atoms. The highest BCUT2D eigenvalue weighted by Gasteiger charge is 2.04. The van der Waals surface area contributed by atoms with Crippen molar-refractivity contribution in [2.45, 2.75) is 6.92 Å². The van der Waals surface area contributed by atoms with Crippen molar-refractivity contribution >= 4 is 49.7 Å². The van der Waals surface area contributed by atoms with Crippen molar-refractivity contribution in [3.05, 3.63) is 69.0 Å². The van der Waals surface area contributed by atoms with Gasteiger partial charge in [-0.25, -0.2) is 4.98 Å². The summed E-state index contributed by atoms with van der Waals surface area (Å²) in [7, 11) is 0. The fourth-order valence-corrected chi connectivity index (χ4v) is 3.02. The second-order valence-electron chi connectivity index (χ2n) is 4.86. The van der Waals surface area contributed by atoms with Crippen molar-refractivity contribution in [1.82, 2.24) is 4.98 Å². The first kappa shape index (κ1) is 16.2. The molecule has 0 aliphatic rings. The average Bonchev–Trinajstić information content (AvgIpc) is 3.03. The fourth-order valence-electron chi connectivity index (χ4n) is 1.97. The summed E-state index contributed by atoms with van der Waals surface area (Å²) in [5.41, 5.74) is 6.93. The van der Waals surface area contributed by atoms with Gasteiger partial charge in [0.25, 0.3) is 0 Å². The molecule has 0 spiro atoms. The molecule has 0 radical (unpaired) electrons. The van der Waals surface area contributed by atoms with E-state index in [2.05, 4.69) is 31.4 Å². The molecule has 0 fully saturated rings. The Labute approximate surface area is 152 Å².